The molecule has 18 aromatic rings. The summed E-state index contributed by atoms with van der Waals surface area (Å²) >= 11 is 0. The molecule has 0 aliphatic carbocycles. The Morgan fingerprint density at radius 3 is 1.31 bits per heavy atom. The highest BCUT2D eigenvalue weighted by atomic mass is 15.2. The molecule has 0 aliphatic rings. The largest absolute Gasteiger partial charge is 0.309 e. The van der Waals surface area contributed by atoms with E-state index < -0.39 is 0 Å². The third-order valence-corrected chi connectivity index (χ3v) is 17.5. The fraction of sp³-hybridized carbons (Fsp3) is 0. The molecule has 5 heterocycles. The highest BCUT2D eigenvalue weighted by Gasteiger charge is 2.25. The van der Waals surface area contributed by atoms with Crippen LogP contribution in [0.1, 0.15) is 0 Å². The van der Waals surface area contributed by atoms with Crippen molar-refractivity contribution in [1.29, 1.82) is 0 Å². The van der Waals surface area contributed by atoms with Crippen LogP contribution < -0.4 is 0 Å². The van der Waals surface area contributed by atoms with E-state index in [2.05, 4.69) is 309 Å². The van der Waals surface area contributed by atoms with Crippen molar-refractivity contribution in [3.8, 4) is 56.5 Å². The molecule has 0 aliphatic heterocycles. The van der Waals surface area contributed by atoms with E-state index in [9.17, 15) is 0 Å². The summed E-state index contributed by atoms with van der Waals surface area (Å²) in [4.78, 5) is 11.1. The van der Waals surface area contributed by atoms with Crippen molar-refractivity contribution in [3.05, 3.63) is 291 Å². The number of hydrogen-bond acceptors (Lipinski definition) is 2. The Bertz CT molecular complexity index is 5700. The Hall–Kier alpha value is -11.3. The maximum atomic E-state index is 5.64. The zero-order chi connectivity index (χ0) is 55.0. The lowest BCUT2D eigenvalue weighted by molar-refractivity contribution is 1.01. The second kappa shape index (κ2) is 18.1. The van der Waals surface area contributed by atoms with E-state index in [0.29, 0.717) is 5.95 Å². The van der Waals surface area contributed by atoms with Crippen LogP contribution in [0.25, 0.3) is 165 Å². The van der Waals surface area contributed by atoms with Crippen molar-refractivity contribution < 1.29 is 0 Å². The molecule has 6 nitrogen and oxygen atoms in total. The van der Waals surface area contributed by atoms with Crippen LogP contribution in [0, 0.1) is 0 Å². The summed E-state index contributed by atoms with van der Waals surface area (Å²) in [6.45, 7) is 0. The number of fused-ring (bicyclic) bond motifs is 15. The molecule has 390 valence electrons. The van der Waals surface area contributed by atoms with Crippen LogP contribution >= 0.6 is 0 Å². The summed E-state index contributed by atoms with van der Waals surface area (Å²) in [7, 11) is 0. The minimum atomic E-state index is 0.620. The topological polar surface area (TPSA) is 45.5 Å². The van der Waals surface area contributed by atoms with Gasteiger partial charge in [-0.25, -0.2) is 9.97 Å². The van der Waals surface area contributed by atoms with Gasteiger partial charge < -0.3 is 13.7 Å². The molecule has 0 amide bonds. The van der Waals surface area contributed by atoms with Gasteiger partial charge in [0.05, 0.1) is 55.3 Å². The van der Waals surface area contributed by atoms with Crippen molar-refractivity contribution in [1.82, 2.24) is 28.2 Å². The molecule has 0 spiro atoms. The Kier molecular flexibility index (Phi) is 9.99. The summed E-state index contributed by atoms with van der Waals surface area (Å²) in [5.41, 5.74) is 19.9. The van der Waals surface area contributed by atoms with Gasteiger partial charge in [0.1, 0.15) is 0 Å². The van der Waals surface area contributed by atoms with Gasteiger partial charge in [-0.15, -0.1) is 0 Å². The number of aromatic nitrogens is 6. The fourth-order valence-electron chi connectivity index (χ4n) is 13.8. The predicted molar refractivity (Wildman–Crippen MR) is 351 cm³/mol. The lowest BCUT2D eigenvalue weighted by atomic mass is 9.96. The number of para-hydroxylation sites is 6. The summed E-state index contributed by atoms with van der Waals surface area (Å²) in [6.07, 6.45) is 0. The van der Waals surface area contributed by atoms with Crippen molar-refractivity contribution in [2.45, 2.75) is 0 Å². The molecule has 0 atom stereocenters. The van der Waals surface area contributed by atoms with E-state index in [1.807, 2.05) is 0 Å². The van der Waals surface area contributed by atoms with Crippen LogP contribution in [0.2, 0.25) is 0 Å². The van der Waals surface area contributed by atoms with Gasteiger partial charge in [0.2, 0.25) is 5.95 Å². The zero-order valence-corrected chi connectivity index (χ0v) is 45.4. The second-order valence-corrected chi connectivity index (χ2v) is 22.1. The van der Waals surface area contributed by atoms with Gasteiger partial charge >= 0.3 is 0 Å². The van der Waals surface area contributed by atoms with Gasteiger partial charge in [-0.1, -0.05) is 200 Å². The third-order valence-electron chi connectivity index (χ3n) is 17.5. The van der Waals surface area contributed by atoms with E-state index in [1.165, 1.54) is 59.8 Å². The van der Waals surface area contributed by atoms with Crippen LogP contribution in [0.4, 0.5) is 0 Å². The second-order valence-electron chi connectivity index (χ2n) is 22.1. The first-order valence-electron chi connectivity index (χ1n) is 28.7. The number of rotatable bonds is 7. The molecular weight excluding hydrogens is 1020 g/mol. The molecule has 0 unspecified atom stereocenters. The molecule has 0 bridgehead atoms. The fourth-order valence-corrected chi connectivity index (χ4v) is 13.8. The summed E-state index contributed by atoms with van der Waals surface area (Å²) in [5.74, 6) is 0.620. The summed E-state index contributed by atoms with van der Waals surface area (Å²) in [5, 5.41) is 12.9. The predicted octanol–water partition coefficient (Wildman–Crippen LogP) is 20.2. The van der Waals surface area contributed by atoms with E-state index in [-0.39, 0.29) is 0 Å². The SMILES string of the molecule is c1ccc(-n2c3ccccc3c3cc4c(cc32)c2cc(-c3ccc5c(c3)c3ccc6c7ccccc7n(-c7ccccc7)c6c3n5-c3ccccc3)ccc2n4-c2nc(-c3ccc(-c4cccc5ccccc45)cc3)c3ccccc3n2)cc1. The zero-order valence-electron chi connectivity index (χ0n) is 45.4. The summed E-state index contributed by atoms with van der Waals surface area (Å²) < 4.78 is 9.64. The first kappa shape index (κ1) is 46.4. The number of hydrogen-bond donors (Lipinski definition) is 0. The minimum absolute atomic E-state index is 0.620. The van der Waals surface area contributed by atoms with Crippen LogP contribution in [-0.4, -0.2) is 28.2 Å². The Morgan fingerprint density at radius 1 is 0.226 bits per heavy atom. The Balaban J connectivity index is 0.880. The maximum absolute atomic E-state index is 5.64. The van der Waals surface area contributed by atoms with E-state index in [0.717, 1.165) is 99.7 Å². The van der Waals surface area contributed by atoms with Crippen LogP contribution in [-0.2, 0) is 0 Å². The molecule has 84 heavy (non-hydrogen) atoms. The van der Waals surface area contributed by atoms with Gasteiger partial charge in [0.15, 0.2) is 0 Å². The van der Waals surface area contributed by atoms with Gasteiger partial charge in [-0.2, -0.15) is 0 Å². The normalized spacial score (nSPS) is 12.0. The molecule has 5 aromatic heterocycles. The van der Waals surface area contributed by atoms with Crippen molar-refractivity contribution in [2.75, 3.05) is 0 Å². The smallest absolute Gasteiger partial charge is 0.235 e. The van der Waals surface area contributed by atoms with Crippen molar-refractivity contribution >= 4 is 109 Å². The standard InChI is InChI=1S/C78H48N6/c1-4-21-54(22-5-1)81-69-33-16-14-29-60(69)66-47-74-67(48-73(66)81)65-46-53(40-44-72(65)84(74)78-79-68-32-15-12-30-63(68)75(80-78)51-37-35-50(36-38-51)58-31-18-20-49-19-10-11-27-57(49)58)52-39-43-71-64(45-52)62-42-41-61-59-28-13-17-34-70(59)82(55-23-6-2-7-24-55)76(61)77(62)83(71)56-25-8-3-9-26-56/h1-48H. The van der Waals surface area contributed by atoms with Gasteiger partial charge in [-0.05, 0) is 124 Å². The van der Waals surface area contributed by atoms with Gasteiger partial charge in [-0.3, -0.25) is 4.57 Å². The molecule has 6 heteroatoms. The van der Waals surface area contributed by atoms with Crippen molar-refractivity contribution in [3.63, 3.8) is 0 Å². The molecule has 0 N–H and O–H groups in total. The lowest BCUT2D eigenvalue weighted by Crippen LogP contribution is -2.03. The van der Waals surface area contributed by atoms with Crippen LogP contribution in [0.3, 0.4) is 0 Å². The molecule has 0 saturated heterocycles. The molecule has 13 aromatic carbocycles. The maximum Gasteiger partial charge on any atom is 0.235 e. The molecule has 0 radical (unpaired) electrons. The van der Waals surface area contributed by atoms with Crippen molar-refractivity contribution in [2.24, 2.45) is 0 Å². The monoisotopic (exact) mass is 1070 g/mol. The number of benzene rings is 13. The van der Waals surface area contributed by atoms with Crippen LogP contribution in [0.15, 0.2) is 291 Å². The molecule has 18 rings (SSSR count). The highest BCUT2D eigenvalue weighted by Crippen LogP contribution is 2.45. The molecule has 0 fully saturated rings. The van der Waals surface area contributed by atoms with E-state index in [1.54, 1.807) is 0 Å². The average molecular weight is 1070 g/mol. The summed E-state index contributed by atoms with van der Waals surface area (Å²) in [6, 6.07) is 106. The van der Waals surface area contributed by atoms with Gasteiger partial charge in [0, 0.05) is 71.1 Å². The Morgan fingerprint density at radius 2 is 0.655 bits per heavy atom. The Labute approximate surface area is 482 Å². The number of nitrogens with zero attached hydrogens (tertiary/aromatic N) is 6. The van der Waals surface area contributed by atoms with E-state index >= 15 is 0 Å². The molecule has 0 saturated carbocycles. The first-order chi connectivity index (χ1) is 41.7. The third kappa shape index (κ3) is 6.85. The average Bonchev–Trinajstić information content (AvgIpc) is 2.50. The van der Waals surface area contributed by atoms with Gasteiger partial charge in [0.25, 0.3) is 0 Å². The lowest BCUT2D eigenvalue weighted by Gasteiger charge is -2.13. The highest BCUT2D eigenvalue weighted by molar-refractivity contribution is 6.25. The molecular formula is C78H48N6. The quantitative estimate of drug-likeness (QED) is 0.160. The van der Waals surface area contributed by atoms with E-state index in [4.69, 9.17) is 9.97 Å². The van der Waals surface area contributed by atoms with Crippen LogP contribution in [0.5, 0.6) is 0 Å². The first-order valence-corrected chi connectivity index (χ1v) is 28.7. The minimum Gasteiger partial charge on any atom is -0.309 e.